The van der Waals surface area contributed by atoms with Gasteiger partial charge in [0.2, 0.25) is 0 Å². The van der Waals surface area contributed by atoms with Gasteiger partial charge in [-0.3, -0.25) is 0 Å². The van der Waals surface area contributed by atoms with Gasteiger partial charge >= 0.3 is 0 Å². The lowest BCUT2D eigenvalue weighted by atomic mass is 9.68. The van der Waals surface area contributed by atoms with Crippen LogP contribution in [0.15, 0.2) is 114 Å². The zero-order valence-corrected chi connectivity index (χ0v) is 37.1. The number of aryl methyl sites for hydroxylation is 6. The van der Waals surface area contributed by atoms with Crippen LogP contribution in [0.2, 0.25) is 0 Å². The topological polar surface area (TPSA) is 6.48 Å². The predicted molar refractivity (Wildman–Crippen MR) is 249 cm³/mol. The summed E-state index contributed by atoms with van der Waals surface area (Å²) >= 11 is 0. The molecule has 0 aromatic heterocycles. The molecular weight excluding hydrogens is 701 g/mol. The van der Waals surface area contributed by atoms with Crippen LogP contribution in [0, 0.1) is 53.4 Å². The van der Waals surface area contributed by atoms with E-state index in [1.54, 1.807) is 22.3 Å². The molecule has 0 saturated carbocycles. The minimum absolute atomic E-state index is 0.133. The Morgan fingerprint density at radius 3 is 1.24 bits per heavy atom. The van der Waals surface area contributed by atoms with E-state index in [0.29, 0.717) is 11.8 Å². The SMILES string of the molecule is Cc1ccc(N(C2=CC(C)C(C)CC2)c2ccc3c(c2)C(C)(C)C2=C3CCC3=C2C(C)(C)c2cc(N(c4ccc(C)c(C)c4)c4ccc(C)c(C)c4)ccc23)cc1C. The minimum Gasteiger partial charge on any atom is -0.315 e. The van der Waals surface area contributed by atoms with Crippen molar-refractivity contribution < 1.29 is 0 Å². The number of rotatable bonds is 6. The smallest absolute Gasteiger partial charge is 0.0465 e. The normalized spacial score (nSPS) is 20.0. The van der Waals surface area contributed by atoms with Gasteiger partial charge in [0, 0.05) is 45.0 Å². The molecule has 0 saturated heterocycles. The van der Waals surface area contributed by atoms with Gasteiger partial charge in [-0.15, -0.1) is 0 Å². The van der Waals surface area contributed by atoms with Crippen LogP contribution < -0.4 is 9.80 Å². The van der Waals surface area contributed by atoms with Gasteiger partial charge in [-0.1, -0.05) is 78.0 Å². The summed E-state index contributed by atoms with van der Waals surface area (Å²) < 4.78 is 0. The van der Waals surface area contributed by atoms with E-state index in [1.165, 1.54) is 96.2 Å². The highest BCUT2D eigenvalue weighted by molar-refractivity contribution is 5.97. The highest BCUT2D eigenvalue weighted by atomic mass is 15.2. The summed E-state index contributed by atoms with van der Waals surface area (Å²) in [6.45, 7) is 28.1. The average Bonchev–Trinajstić information content (AvgIpc) is 3.56. The maximum Gasteiger partial charge on any atom is 0.0465 e. The van der Waals surface area contributed by atoms with Gasteiger partial charge in [0.15, 0.2) is 0 Å². The van der Waals surface area contributed by atoms with Gasteiger partial charge < -0.3 is 9.80 Å². The Balaban J connectivity index is 1.13. The van der Waals surface area contributed by atoms with E-state index in [4.69, 9.17) is 0 Å². The minimum atomic E-state index is -0.146. The van der Waals surface area contributed by atoms with Crippen molar-refractivity contribution in [1.29, 1.82) is 0 Å². The second kappa shape index (κ2) is 13.8. The number of fused-ring (bicyclic) bond motifs is 5. The summed E-state index contributed by atoms with van der Waals surface area (Å²) in [6, 6.07) is 35.6. The molecule has 0 aliphatic heterocycles. The van der Waals surface area contributed by atoms with E-state index in [0.717, 1.165) is 19.3 Å². The van der Waals surface area contributed by atoms with Gasteiger partial charge in [-0.05, 0) is 218 Å². The second-order valence-corrected chi connectivity index (χ2v) is 19.4. The van der Waals surface area contributed by atoms with Crippen LogP contribution in [0.5, 0.6) is 0 Å². The maximum absolute atomic E-state index is 2.58. The van der Waals surface area contributed by atoms with E-state index in [1.807, 2.05) is 0 Å². The summed E-state index contributed by atoms with van der Waals surface area (Å²) in [7, 11) is 0. The first kappa shape index (κ1) is 38.4. The Bertz CT molecular complexity index is 2570. The Morgan fingerprint density at radius 2 is 0.828 bits per heavy atom. The lowest BCUT2D eigenvalue weighted by Gasteiger charge is -2.36. The van der Waals surface area contributed by atoms with Crippen molar-refractivity contribution in [3.8, 4) is 0 Å². The van der Waals surface area contributed by atoms with Crippen molar-refractivity contribution in [2.24, 2.45) is 11.8 Å². The first-order valence-corrected chi connectivity index (χ1v) is 21.9. The van der Waals surface area contributed by atoms with Gasteiger partial charge in [-0.2, -0.15) is 0 Å². The molecule has 0 fully saturated rings. The number of allylic oxidation sites excluding steroid dienone is 6. The molecule has 58 heavy (non-hydrogen) atoms. The summed E-state index contributed by atoms with van der Waals surface area (Å²) in [6.07, 6.45) is 7.04. The van der Waals surface area contributed by atoms with Gasteiger partial charge in [0.1, 0.15) is 0 Å². The molecule has 9 rings (SSSR count). The number of benzene rings is 5. The molecule has 5 aromatic carbocycles. The average molecular weight is 763 g/mol. The van der Waals surface area contributed by atoms with Crippen molar-refractivity contribution in [3.05, 3.63) is 170 Å². The van der Waals surface area contributed by atoms with Crippen LogP contribution in [-0.2, 0) is 10.8 Å². The fraction of sp³-hybridized carbons (Fsp3) is 0.357. The molecule has 2 heteroatoms. The summed E-state index contributed by atoms with van der Waals surface area (Å²) in [5.41, 5.74) is 27.4. The van der Waals surface area contributed by atoms with E-state index >= 15 is 0 Å². The molecule has 2 nitrogen and oxygen atoms in total. The van der Waals surface area contributed by atoms with E-state index in [2.05, 4.69) is 190 Å². The molecule has 0 N–H and O–H groups in total. The van der Waals surface area contributed by atoms with E-state index in [-0.39, 0.29) is 10.8 Å². The highest BCUT2D eigenvalue weighted by Crippen LogP contribution is 2.63. The fourth-order valence-electron chi connectivity index (χ4n) is 10.8. The molecule has 0 radical (unpaired) electrons. The molecule has 0 bridgehead atoms. The predicted octanol–water partition coefficient (Wildman–Crippen LogP) is 15.7. The Kier molecular flexibility index (Phi) is 9.12. The molecule has 4 aliphatic carbocycles. The van der Waals surface area contributed by atoms with Crippen LogP contribution >= 0.6 is 0 Å². The van der Waals surface area contributed by atoms with Gasteiger partial charge in [0.05, 0.1) is 0 Å². The number of hydrogen-bond acceptors (Lipinski definition) is 2. The van der Waals surface area contributed by atoms with Gasteiger partial charge in [0.25, 0.3) is 0 Å². The third-order valence-corrected chi connectivity index (χ3v) is 15.0. The molecule has 0 spiro atoms. The molecule has 4 aliphatic rings. The van der Waals surface area contributed by atoms with E-state index < -0.39 is 0 Å². The fourth-order valence-corrected chi connectivity index (χ4v) is 10.8. The third-order valence-electron chi connectivity index (χ3n) is 15.0. The molecule has 296 valence electrons. The summed E-state index contributed by atoms with van der Waals surface area (Å²) in [5.74, 6) is 1.27. The lowest BCUT2D eigenvalue weighted by molar-refractivity contribution is 0.402. The first-order valence-electron chi connectivity index (χ1n) is 21.9. The van der Waals surface area contributed by atoms with Crippen molar-refractivity contribution >= 4 is 39.6 Å². The Morgan fingerprint density at radius 1 is 0.448 bits per heavy atom. The van der Waals surface area contributed by atoms with E-state index in [9.17, 15) is 0 Å². The van der Waals surface area contributed by atoms with Crippen molar-refractivity contribution in [2.75, 3.05) is 9.80 Å². The number of anilines is 5. The van der Waals surface area contributed by atoms with Crippen LogP contribution in [0.25, 0.3) is 11.1 Å². The lowest BCUT2D eigenvalue weighted by Crippen LogP contribution is -2.28. The first-order chi connectivity index (χ1) is 27.6. The zero-order valence-electron chi connectivity index (χ0n) is 37.1. The Hall–Kier alpha value is -5.08. The third kappa shape index (κ3) is 5.96. The maximum atomic E-state index is 2.58. The quantitative estimate of drug-likeness (QED) is 0.170. The zero-order chi connectivity index (χ0) is 41.0. The van der Waals surface area contributed by atoms with Gasteiger partial charge in [-0.25, -0.2) is 0 Å². The monoisotopic (exact) mass is 762 g/mol. The van der Waals surface area contributed by atoms with Crippen LogP contribution in [0.1, 0.15) is 123 Å². The Labute approximate surface area is 349 Å². The van der Waals surface area contributed by atoms with Crippen molar-refractivity contribution in [2.45, 2.75) is 120 Å². The molecule has 0 amide bonds. The van der Waals surface area contributed by atoms with Crippen LogP contribution in [-0.4, -0.2) is 0 Å². The van der Waals surface area contributed by atoms with Crippen LogP contribution in [0.4, 0.5) is 28.4 Å². The second-order valence-electron chi connectivity index (χ2n) is 19.4. The number of nitrogens with zero attached hydrogens (tertiary/aromatic N) is 2. The van der Waals surface area contributed by atoms with Crippen molar-refractivity contribution in [3.63, 3.8) is 0 Å². The van der Waals surface area contributed by atoms with Crippen molar-refractivity contribution in [1.82, 2.24) is 0 Å². The number of hydrogen-bond donors (Lipinski definition) is 0. The largest absolute Gasteiger partial charge is 0.315 e. The molecule has 2 unspecified atom stereocenters. The molecule has 5 aromatic rings. The molecule has 0 heterocycles. The summed E-state index contributed by atoms with van der Waals surface area (Å²) in [4.78, 5) is 5.06. The highest BCUT2D eigenvalue weighted by Gasteiger charge is 2.49. The standard InChI is InChI=1S/C56H62N2/c1-33-13-17-41(27-37(33)5)57(42-18-14-34(2)38(6)28-42)45-21-23-47-49-25-26-50-48-24-22-46(32-52(48)56(11,12)54(50)53(49)55(9,10)51(47)31-45)58(43-19-15-35(3)39(7)29-43)44-20-16-36(4)40(8)30-44/h13-15,17-19,21-24,27-32,36,40H,16,20,25-26H2,1-12H3. The van der Waals surface area contributed by atoms with Crippen LogP contribution in [0.3, 0.4) is 0 Å². The summed E-state index contributed by atoms with van der Waals surface area (Å²) in [5, 5.41) is 0. The molecule has 2 atom stereocenters. The molecular formula is C56H62N2.